The molecule has 1 aliphatic heterocycles. The van der Waals surface area contributed by atoms with Crippen LogP contribution in [0.15, 0.2) is 24.3 Å². The van der Waals surface area contributed by atoms with Crippen LogP contribution in [0.5, 0.6) is 0 Å². The molecule has 2 aromatic rings. The third-order valence-electron chi connectivity index (χ3n) is 3.59. The largest absolute Gasteiger partial charge is 0.370 e. The van der Waals surface area contributed by atoms with E-state index in [0.29, 0.717) is 35.4 Å². The summed E-state index contributed by atoms with van der Waals surface area (Å²) in [5.74, 6) is -0.0993. The fourth-order valence-electron chi connectivity index (χ4n) is 2.44. The molecule has 1 amide bonds. The van der Waals surface area contributed by atoms with Gasteiger partial charge < -0.3 is 9.64 Å². The molecule has 0 spiro atoms. The Balaban J connectivity index is 1.76. The topological polar surface area (TPSA) is 58.2 Å². The number of rotatable bonds is 2. The number of aryl methyl sites for hydroxylation is 1. The zero-order valence-corrected chi connectivity index (χ0v) is 13.5. The number of morpholine rings is 1. The van der Waals surface area contributed by atoms with Gasteiger partial charge in [-0.15, -0.1) is 0 Å². The average Bonchev–Trinajstić information content (AvgIpc) is 2.96. The second-order valence-corrected chi connectivity index (χ2v) is 6.03. The molecule has 116 valence electrons. The van der Waals surface area contributed by atoms with Gasteiger partial charge in [-0.05, 0) is 30.7 Å². The van der Waals surface area contributed by atoms with Crippen LogP contribution < -0.4 is 0 Å². The third kappa shape index (κ3) is 3.11. The van der Waals surface area contributed by atoms with Crippen molar-refractivity contribution in [2.45, 2.75) is 13.0 Å². The van der Waals surface area contributed by atoms with E-state index in [9.17, 15) is 4.79 Å². The lowest BCUT2D eigenvalue weighted by Gasteiger charge is -2.32. The molecule has 0 bridgehead atoms. The van der Waals surface area contributed by atoms with E-state index in [1.807, 2.05) is 13.0 Å². The molecule has 1 atom stereocenters. The highest BCUT2D eigenvalue weighted by molar-refractivity contribution is 6.42. The number of benzene rings is 1. The Morgan fingerprint density at radius 2 is 2.18 bits per heavy atom. The number of halogens is 2. The summed E-state index contributed by atoms with van der Waals surface area (Å²) < 4.78 is 5.76. The van der Waals surface area contributed by atoms with Crippen molar-refractivity contribution >= 4 is 29.1 Å². The Morgan fingerprint density at radius 1 is 1.36 bits per heavy atom. The number of H-pyrrole nitrogens is 1. The number of carbonyl (C=O) groups is 1. The maximum Gasteiger partial charge on any atom is 0.274 e. The van der Waals surface area contributed by atoms with Crippen molar-refractivity contribution in [3.8, 4) is 0 Å². The zero-order valence-electron chi connectivity index (χ0n) is 12.0. The van der Waals surface area contributed by atoms with Gasteiger partial charge in [0.2, 0.25) is 0 Å². The Hall–Kier alpha value is -1.56. The number of amides is 1. The van der Waals surface area contributed by atoms with Crippen LogP contribution in [0, 0.1) is 6.92 Å². The number of aromatic amines is 1. The van der Waals surface area contributed by atoms with E-state index in [-0.39, 0.29) is 12.0 Å². The van der Waals surface area contributed by atoms with Crippen molar-refractivity contribution < 1.29 is 9.53 Å². The van der Waals surface area contributed by atoms with Gasteiger partial charge in [0, 0.05) is 12.2 Å². The van der Waals surface area contributed by atoms with Gasteiger partial charge in [-0.1, -0.05) is 29.3 Å². The van der Waals surface area contributed by atoms with E-state index in [1.165, 1.54) is 0 Å². The molecule has 1 saturated heterocycles. The van der Waals surface area contributed by atoms with Gasteiger partial charge in [0.1, 0.15) is 11.8 Å². The van der Waals surface area contributed by atoms with Crippen LogP contribution in [-0.2, 0) is 4.74 Å². The van der Waals surface area contributed by atoms with Crippen LogP contribution >= 0.6 is 23.2 Å². The first-order chi connectivity index (χ1) is 10.5. The number of carbonyl (C=O) groups excluding carboxylic acids is 1. The quantitative estimate of drug-likeness (QED) is 0.913. The van der Waals surface area contributed by atoms with Crippen LogP contribution in [0.2, 0.25) is 10.0 Å². The summed E-state index contributed by atoms with van der Waals surface area (Å²) in [4.78, 5) is 14.2. The standard InChI is InChI=1S/C15H15Cl2N3O2/c1-9-6-13(19-18-9)15(21)20-4-5-22-14(8-20)10-2-3-11(16)12(17)7-10/h2-3,6-7,14H,4-5,8H2,1H3,(H,18,19). The maximum absolute atomic E-state index is 12.5. The highest BCUT2D eigenvalue weighted by Crippen LogP contribution is 2.29. The van der Waals surface area contributed by atoms with Gasteiger partial charge in [-0.25, -0.2) is 0 Å². The number of ether oxygens (including phenoxy) is 1. The molecule has 1 N–H and O–H groups in total. The lowest BCUT2D eigenvalue weighted by atomic mass is 10.1. The Kier molecular flexibility index (Phi) is 4.38. The van der Waals surface area contributed by atoms with Crippen molar-refractivity contribution in [2.24, 2.45) is 0 Å². The van der Waals surface area contributed by atoms with E-state index in [2.05, 4.69) is 10.2 Å². The summed E-state index contributed by atoms with van der Waals surface area (Å²) in [6, 6.07) is 7.12. The van der Waals surface area contributed by atoms with Crippen LogP contribution in [0.4, 0.5) is 0 Å². The van der Waals surface area contributed by atoms with E-state index in [1.54, 1.807) is 23.1 Å². The number of hydrogen-bond acceptors (Lipinski definition) is 3. The number of nitrogens with one attached hydrogen (secondary N) is 1. The van der Waals surface area contributed by atoms with Crippen molar-refractivity contribution in [1.82, 2.24) is 15.1 Å². The molecule has 3 rings (SSSR count). The van der Waals surface area contributed by atoms with E-state index >= 15 is 0 Å². The van der Waals surface area contributed by atoms with Gasteiger partial charge in [0.25, 0.3) is 5.91 Å². The van der Waals surface area contributed by atoms with Crippen molar-refractivity contribution in [3.05, 3.63) is 51.3 Å². The monoisotopic (exact) mass is 339 g/mol. The minimum atomic E-state index is -0.215. The second-order valence-electron chi connectivity index (χ2n) is 5.22. The predicted molar refractivity (Wildman–Crippen MR) is 84.4 cm³/mol. The zero-order chi connectivity index (χ0) is 15.7. The molecule has 0 saturated carbocycles. The summed E-state index contributed by atoms with van der Waals surface area (Å²) >= 11 is 12.0. The molecule has 0 aliphatic carbocycles. The molecule has 1 aliphatic rings. The Morgan fingerprint density at radius 3 is 2.86 bits per heavy atom. The third-order valence-corrected chi connectivity index (χ3v) is 4.33. The average molecular weight is 340 g/mol. The molecular formula is C15H15Cl2N3O2. The Bertz CT molecular complexity index is 702. The molecule has 5 nitrogen and oxygen atoms in total. The van der Waals surface area contributed by atoms with Gasteiger partial charge in [0.15, 0.2) is 0 Å². The molecule has 1 aromatic heterocycles. The van der Waals surface area contributed by atoms with Gasteiger partial charge in [-0.2, -0.15) is 5.10 Å². The Labute approximate surface area is 138 Å². The number of nitrogens with zero attached hydrogens (tertiary/aromatic N) is 2. The predicted octanol–water partition coefficient (Wildman–Crippen LogP) is 3.24. The van der Waals surface area contributed by atoms with Crippen molar-refractivity contribution in [1.29, 1.82) is 0 Å². The van der Waals surface area contributed by atoms with E-state index in [0.717, 1.165) is 11.3 Å². The minimum absolute atomic E-state index is 0.0993. The van der Waals surface area contributed by atoms with Gasteiger partial charge in [-0.3, -0.25) is 9.89 Å². The second kappa shape index (κ2) is 6.28. The molecule has 2 heterocycles. The fraction of sp³-hybridized carbons (Fsp3) is 0.333. The number of aromatic nitrogens is 2. The van der Waals surface area contributed by atoms with Crippen molar-refractivity contribution in [3.63, 3.8) is 0 Å². The molecule has 7 heteroatoms. The molecular weight excluding hydrogens is 325 g/mol. The normalized spacial score (nSPS) is 18.5. The summed E-state index contributed by atoms with van der Waals surface area (Å²) in [5.41, 5.74) is 2.19. The summed E-state index contributed by atoms with van der Waals surface area (Å²) in [5, 5.41) is 7.78. The molecule has 0 radical (unpaired) electrons. The summed E-state index contributed by atoms with van der Waals surface area (Å²) in [7, 11) is 0. The van der Waals surface area contributed by atoms with E-state index < -0.39 is 0 Å². The first-order valence-electron chi connectivity index (χ1n) is 6.92. The van der Waals surface area contributed by atoms with Crippen molar-refractivity contribution in [2.75, 3.05) is 19.7 Å². The maximum atomic E-state index is 12.5. The van der Waals surface area contributed by atoms with Crippen LogP contribution in [0.25, 0.3) is 0 Å². The fourth-order valence-corrected chi connectivity index (χ4v) is 2.74. The van der Waals surface area contributed by atoms with Crippen LogP contribution in [0.1, 0.15) is 27.8 Å². The first kappa shape index (κ1) is 15.3. The van der Waals surface area contributed by atoms with E-state index in [4.69, 9.17) is 27.9 Å². The number of hydrogen-bond donors (Lipinski definition) is 1. The highest BCUT2D eigenvalue weighted by atomic mass is 35.5. The molecule has 1 fully saturated rings. The van der Waals surface area contributed by atoms with Crippen LogP contribution in [-0.4, -0.2) is 40.7 Å². The minimum Gasteiger partial charge on any atom is -0.370 e. The van der Waals surface area contributed by atoms with Gasteiger partial charge in [0.05, 0.1) is 23.2 Å². The smallest absolute Gasteiger partial charge is 0.274 e. The lowest BCUT2D eigenvalue weighted by Crippen LogP contribution is -2.42. The molecule has 1 aromatic carbocycles. The molecule has 1 unspecified atom stereocenters. The first-order valence-corrected chi connectivity index (χ1v) is 7.68. The summed E-state index contributed by atoms with van der Waals surface area (Å²) in [6.45, 7) is 3.34. The lowest BCUT2D eigenvalue weighted by molar-refractivity contribution is -0.0230. The summed E-state index contributed by atoms with van der Waals surface area (Å²) in [6.07, 6.45) is -0.215. The highest BCUT2D eigenvalue weighted by Gasteiger charge is 2.27. The van der Waals surface area contributed by atoms with Crippen LogP contribution in [0.3, 0.4) is 0 Å². The SMILES string of the molecule is Cc1cc(C(=O)N2CCOC(c3ccc(Cl)c(Cl)c3)C2)n[nH]1. The van der Waals surface area contributed by atoms with Gasteiger partial charge >= 0.3 is 0 Å². The molecule has 22 heavy (non-hydrogen) atoms.